The summed E-state index contributed by atoms with van der Waals surface area (Å²) in [6.07, 6.45) is 0. The highest BCUT2D eigenvalue weighted by Crippen LogP contribution is 2.54. The fourth-order valence-corrected chi connectivity index (χ4v) is 3.14. The van der Waals surface area contributed by atoms with E-state index in [1.807, 2.05) is 54.6 Å². The molecule has 0 saturated carbocycles. The standard InChI is InChI=1S/C22H24N2O4/c1-25-19-17(20(26-2)22(28-4)18(23)21(19)27-3)14-10-12-16(13-11-14)24-15-8-6-5-7-9-15/h5-13,24H,23H2,1-4H3. The first-order valence-electron chi connectivity index (χ1n) is 8.72. The lowest BCUT2D eigenvalue weighted by molar-refractivity contribution is 0.334. The quantitative estimate of drug-likeness (QED) is 0.578. The zero-order valence-corrected chi connectivity index (χ0v) is 16.4. The van der Waals surface area contributed by atoms with Gasteiger partial charge in [-0.25, -0.2) is 0 Å². The highest BCUT2D eigenvalue weighted by Gasteiger charge is 2.26. The summed E-state index contributed by atoms with van der Waals surface area (Å²) in [6, 6.07) is 17.9. The van der Waals surface area contributed by atoms with Crippen molar-refractivity contribution in [3.05, 3.63) is 54.6 Å². The molecule has 28 heavy (non-hydrogen) atoms. The molecule has 6 nitrogen and oxygen atoms in total. The molecule has 0 aliphatic carbocycles. The summed E-state index contributed by atoms with van der Waals surface area (Å²) in [7, 11) is 6.21. The van der Waals surface area contributed by atoms with Crippen LogP contribution in [0.1, 0.15) is 0 Å². The predicted molar refractivity (Wildman–Crippen MR) is 112 cm³/mol. The average Bonchev–Trinajstić information content (AvgIpc) is 2.74. The van der Waals surface area contributed by atoms with Gasteiger partial charge in [-0.1, -0.05) is 30.3 Å². The van der Waals surface area contributed by atoms with Crippen molar-refractivity contribution in [1.82, 2.24) is 0 Å². The zero-order chi connectivity index (χ0) is 20.1. The molecule has 0 amide bonds. The summed E-state index contributed by atoms with van der Waals surface area (Å²) >= 11 is 0. The van der Waals surface area contributed by atoms with Crippen molar-refractivity contribution in [2.24, 2.45) is 0 Å². The van der Waals surface area contributed by atoms with Gasteiger partial charge >= 0.3 is 0 Å². The number of hydrogen-bond donors (Lipinski definition) is 2. The minimum atomic E-state index is 0.324. The van der Waals surface area contributed by atoms with Crippen molar-refractivity contribution in [2.45, 2.75) is 0 Å². The number of nitrogens with one attached hydrogen (secondary N) is 1. The lowest BCUT2D eigenvalue weighted by atomic mass is 10.0. The molecule has 6 heteroatoms. The van der Waals surface area contributed by atoms with Crippen LogP contribution in [0, 0.1) is 0 Å². The second-order valence-electron chi connectivity index (χ2n) is 5.99. The lowest BCUT2D eigenvalue weighted by Gasteiger charge is -2.21. The molecule has 0 spiro atoms. The van der Waals surface area contributed by atoms with Gasteiger partial charge in [0, 0.05) is 11.4 Å². The Bertz CT molecular complexity index is 908. The van der Waals surface area contributed by atoms with Crippen LogP contribution in [-0.2, 0) is 0 Å². The Morgan fingerprint density at radius 1 is 0.607 bits per heavy atom. The molecule has 0 heterocycles. The van der Waals surface area contributed by atoms with Crippen LogP contribution >= 0.6 is 0 Å². The number of benzene rings is 3. The molecule has 3 N–H and O–H groups in total. The number of hydrogen-bond acceptors (Lipinski definition) is 6. The van der Waals surface area contributed by atoms with Gasteiger partial charge in [-0.05, 0) is 29.8 Å². The van der Waals surface area contributed by atoms with Crippen molar-refractivity contribution in [2.75, 3.05) is 39.5 Å². The minimum absolute atomic E-state index is 0.324. The molecule has 0 atom stereocenters. The van der Waals surface area contributed by atoms with Crippen molar-refractivity contribution in [3.63, 3.8) is 0 Å². The fraction of sp³-hybridized carbons (Fsp3) is 0.182. The first-order valence-corrected chi connectivity index (χ1v) is 8.72. The molecule has 0 aliphatic heterocycles. The molecular formula is C22H24N2O4. The Labute approximate surface area is 164 Å². The van der Waals surface area contributed by atoms with Gasteiger partial charge < -0.3 is 30.0 Å². The molecule has 0 bridgehead atoms. The van der Waals surface area contributed by atoms with Crippen LogP contribution in [-0.4, -0.2) is 28.4 Å². The Morgan fingerprint density at radius 3 is 1.54 bits per heavy atom. The maximum Gasteiger partial charge on any atom is 0.188 e. The van der Waals surface area contributed by atoms with Crippen LogP contribution < -0.4 is 30.0 Å². The van der Waals surface area contributed by atoms with Crippen LogP contribution in [0.25, 0.3) is 11.1 Å². The zero-order valence-electron chi connectivity index (χ0n) is 16.4. The number of rotatable bonds is 7. The highest BCUT2D eigenvalue weighted by atomic mass is 16.5. The van der Waals surface area contributed by atoms with Gasteiger partial charge in [-0.3, -0.25) is 0 Å². The normalized spacial score (nSPS) is 10.3. The van der Waals surface area contributed by atoms with E-state index in [1.54, 1.807) is 14.2 Å². The third kappa shape index (κ3) is 3.49. The van der Waals surface area contributed by atoms with E-state index in [9.17, 15) is 0 Å². The van der Waals surface area contributed by atoms with Crippen molar-refractivity contribution >= 4 is 17.1 Å². The van der Waals surface area contributed by atoms with Crippen molar-refractivity contribution < 1.29 is 18.9 Å². The summed E-state index contributed by atoms with van der Waals surface area (Å²) in [4.78, 5) is 0. The van der Waals surface area contributed by atoms with Gasteiger partial charge in [0.2, 0.25) is 0 Å². The van der Waals surface area contributed by atoms with E-state index < -0.39 is 0 Å². The minimum Gasteiger partial charge on any atom is -0.492 e. The van der Waals surface area contributed by atoms with Gasteiger partial charge in [-0.2, -0.15) is 0 Å². The first kappa shape index (κ1) is 19.2. The van der Waals surface area contributed by atoms with Crippen LogP contribution in [0.5, 0.6) is 23.0 Å². The Kier molecular flexibility index (Phi) is 5.79. The molecule has 0 aromatic heterocycles. The summed E-state index contributed by atoms with van der Waals surface area (Å²) in [5.41, 5.74) is 10.1. The second kappa shape index (κ2) is 8.43. The largest absolute Gasteiger partial charge is 0.492 e. The molecule has 3 aromatic rings. The van der Waals surface area contributed by atoms with Crippen LogP contribution in [0.3, 0.4) is 0 Å². The smallest absolute Gasteiger partial charge is 0.188 e. The number of nitrogen functional groups attached to an aromatic ring is 1. The van der Waals surface area contributed by atoms with E-state index in [0.29, 0.717) is 34.2 Å². The summed E-state index contributed by atoms with van der Waals surface area (Å²) in [5, 5.41) is 3.36. The Balaban J connectivity index is 2.09. The number of methoxy groups -OCH3 is 4. The third-order valence-corrected chi connectivity index (χ3v) is 4.41. The summed E-state index contributed by atoms with van der Waals surface area (Å²) in [5.74, 6) is 1.78. The van der Waals surface area contributed by atoms with Crippen LogP contribution in [0.2, 0.25) is 0 Å². The van der Waals surface area contributed by atoms with Gasteiger partial charge in [0.05, 0.1) is 34.0 Å². The molecule has 0 fully saturated rings. The first-order chi connectivity index (χ1) is 13.6. The Morgan fingerprint density at radius 2 is 1.07 bits per heavy atom. The maximum atomic E-state index is 6.19. The van der Waals surface area contributed by atoms with Crippen molar-refractivity contribution in [3.8, 4) is 34.1 Å². The monoisotopic (exact) mass is 380 g/mol. The van der Waals surface area contributed by atoms with Gasteiger partial charge in [-0.15, -0.1) is 0 Å². The van der Waals surface area contributed by atoms with E-state index in [4.69, 9.17) is 24.7 Å². The van der Waals surface area contributed by atoms with E-state index in [1.165, 1.54) is 14.2 Å². The molecule has 3 rings (SSSR count). The van der Waals surface area contributed by atoms with Crippen LogP contribution in [0.15, 0.2) is 54.6 Å². The number of ether oxygens (including phenoxy) is 4. The lowest BCUT2D eigenvalue weighted by Crippen LogP contribution is -2.04. The highest BCUT2D eigenvalue weighted by molar-refractivity contribution is 5.90. The molecule has 146 valence electrons. The number of anilines is 3. The summed E-state index contributed by atoms with van der Waals surface area (Å²) in [6.45, 7) is 0. The predicted octanol–water partition coefficient (Wildman–Crippen LogP) is 4.71. The average molecular weight is 380 g/mol. The molecule has 3 aromatic carbocycles. The molecule has 0 aliphatic rings. The fourth-order valence-electron chi connectivity index (χ4n) is 3.14. The van der Waals surface area contributed by atoms with E-state index >= 15 is 0 Å². The SMILES string of the molecule is COc1c(N)c(OC)c(OC)c(-c2ccc(Nc3ccccc3)cc2)c1OC. The maximum absolute atomic E-state index is 6.19. The second-order valence-corrected chi connectivity index (χ2v) is 5.99. The molecule has 0 unspecified atom stereocenters. The third-order valence-electron chi connectivity index (χ3n) is 4.41. The van der Waals surface area contributed by atoms with Crippen molar-refractivity contribution in [1.29, 1.82) is 0 Å². The van der Waals surface area contributed by atoms with E-state index in [0.717, 1.165) is 16.9 Å². The van der Waals surface area contributed by atoms with Crippen LogP contribution in [0.4, 0.5) is 17.1 Å². The van der Waals surface area contributed by atoms with E-state index in [-0.39, 0.29) is 0 Å². The van der Waals surface area contributed by atoms with Gasteiger partial charge in [0.25, 0.3) is 0 Å². The molecule has 0 radical (unpaired) electrons. The Hall–Kier alpha value is -3.54. The van der Waals surface area contributed by atoms with Gasteiger partial charge in [0.1, 0.15) is 5.69 Å². The van der Waals surface area contributed by atoms with E-state index in [2.05, 4.69) is 5.32 Å². The summed E-state index contributed by atoms with van der Waals surface area (Å²) < 4.78 is 22.2. The number of nitrogens with two attached hydrogens (primary N) is 1. The van der Waals surface area contributed by atoms with Gasteiger partial charge in [0.15, 0.2) is 23.0 Å². The molecule has 0 saturated heterocycles. The topological polar surface area (TPSA) is 75.0 Å². The molecular weight excluding hydrogens is 356 g/mol. The number of para-hydroxylation sites is 1.